The third kappa shape index (κ3) is 20.6. The van der Waals surface area contributed by atoms with Crippen LogP contribution in [0, 0.1) is 0 Å². The van der Waals surface area contributed by atoms with Crippen LogP contribution in [0.4, 0.5) is 0 Å². The predicted octanol–water partition coefficient (Wildman–Crippen LogP) is 7.38. The average molecular weight is 389 g/mol. The van der Waals surface area contributed by atoms with Gasteiger partial charge in [-0.05, 0) is 18.6 Å². The topological polar surface area (TPSA) is 29.5 Å². The number of aliphatic hydroxyl groups is 1. The van der Waals surface area contributed by atoms with E-state index in [1.54, 1.807) is 0 Å². The van der Waals surface area contributed by atoms with Gasteiger partial charge in [0, 0.05) is 12.4 Å². The Morgan fingerprint density at radius 2 is 1.12 bits per heavy atom. The van der Waals surface area contributed by atoms with Gasteiger partial charge in [0.2, 0.25) is 0 Å². The normalized spacial score (nSPS) is 12.6. The molecule has 0 bridgehead atoms. The van der Waals surface area contributed by atoms with Crippen molar-refractivity contribution in [1.82, 2.24) is 0 Å². The van der Waals surface area contributed by atoms with Crippen molar-refractivity contribution in [3.05, 3.63) is 0 Å². The molecule has 0 radical (unpaired) electrons. The summed E-state index contributed by atoms with van der Waals surface area (Å²) in [4.78, 5) is 0. The maximum absolute atomic E-state index is 9.44. The third-order valence-electron chi connectivity index (χ3n) is 5.00. The van der Waals surface area contributed by atoms with Crippen LogP contribution in [0.1, 0.15) is 117 Å². The first kappa shape index (κ1) is 26.3. The molecule has 26 heavy (non-hydrogen) atoms. The zero-order valence-electron chi connectivity index (χ0n) is 18.0. The van der Waals surface area contributed by atoms with Crippen molar-refractivity contribution in [1.29, 1.82) is 0 Å². The Hall–Kier alpha value is 0.270. The molecule has 0 rings (SSSR count). The molecular formula is C23H48O2S. The summed E-state index contributed by atoms with van der Waals surface area (Å²) in [7, 11) is 0. The number of ether oxygens (including phenoxy) is 1. The number of unbranched alkanes of at least 4 members (excludes halogenated alkanes) is 14. The third-order valence-corrected chi connectivity index (χ3v) is 6.19. The van der Waals surface area contributed by atoms with E-state index in [0.29, 0.717) is 0 Å². The average Bonchev–Trinajstić information content (AvgIpc) is 2.66. The van der Waals surface area contributed by atoms with Gasteiger partial charge >= 0.3 is 0 Å². The Kier molecular flexibility index (Phi) is 23.6. The first-order valence-corrected chi connectivity index (χ1v) is 12.8. The lowest BCUT2D eigenvalue weighted by molar-refractivity contribution is 0.0260. The van der Waals surface area contributed by atoms with Gasteiger partial charge < -0.3 is 9.84 Å². The van der Waals surface area contributed by atoms with Crippen LogP contribution in [-0.4, -0.2) is 35.9 Å². The van der Waals surface area contributed by atoms with Crippen molar-refractivity contribution in [2.75, 3.05) is 24.7 Å². The quantitative estimate of drug-likeness (QED) is 0.196. The zero-order valence-corrected chi connectivity index (χ0v) is 18.8. The lowest BCUT2D eigenvalue weighted by Gasteiger charge is -2.15. The minimum absolute atomic E-state index is 0.0405. The lowest BCUT2D eigenvalue weighted by Crippen LogP contribution is -2.21. The monoisotopic (exact) mass is 388 g/mol. The minimum atomic E-state index is 0.0405. The van der Waals surface area contributed by atoms with Crippen molar-refractivity contribution in [2.45, 2.75) is 123 Å². The van der Waals surface area contributed by atoms with Crippen molar-refractivity contribution in [2.24, 2.45) is 0 Å². The highest BCUT2D eigenvalue weighted by Crippen LogP contribution is 2.14. The highest BCUT2D eigenvalue weighted by molar-refractivity contribution is 7.99. The maximum Gasteiger partial charge on any atom is 0.0895 e. The summed E-state index contributed by atoms with van der Waals surface area (Å²) in [5.41, 5.74) is 0. The molecule has 3 heteroatoms. The molecule has 0 amide bonds. The summed E-state index contributed by atoms with van der Waals surface area (Å²) < 4.78 is 5.83. The van der Waals surface area contributed by atoms with E-state index >= 15 is 0 Å². The summed E-state index contributed by atoms with van der Waals surface area (Å²) in [6.07, 6.45) is 21.8. The van der Waals surface area contributed by atoms with Crippen LogP contribution >= 0.6 is 11.8 Å². The second-order valence-electron chi connectivity index (χ2n) is 7.70. The number of rotatable bonds is 22. The summed E-state index contributed by atoms with van der Waals surface area (Å²) in [6.45, 7) is 5.52. The smallest absolute Gasteiger partial charge is 0.0895 e. The summed E-state index contributed by atoms with van der Waals surface area (Å²) in [5, 5.41) is 9.44. The first-order chi connectivity index (χ1) is 12.8. The van der Waals surface area contributed by atoms with E-state index in [1.807, 2.05) is 11.8 Å². The molecule has 0 spiro atoms. The summed E-state index contributed by atoms with van der Waals surface area (Å²) >= 11 is 1.95. The van der Waals surface area contributed by atoms with Gasteiger partial charge in [-0.25, -0.2) is 0 Å². The molecular weight excluding hydrogens is 340 g/mol. The largest absolute Gasteiger partial charge is 0.394 e. The highest BCUT2D eigenvalue weighted by Gasteiger charge is 2.07. The molecule has 0 aliphatic carbocycles. The van der Waals surface area contributed by atoms with Crippen molar-refractivity contribution in [3.8, 4) is 0 Å². The number of hydrogen-bond donors (Lipinski definition) is 1. The van der Waals surface area contributed by atoms with Gasteiger partial charge in [-0.15, -0.1) is 0 Å². The molecule has 1 atom stereocenters. The molecule has 0 heterocycles. The molecule has 0 aromatic rings. The Bertz CT molecular complexity index is 248. The van der Waals surface area contributed by atoms with Gasteiger partial charge in [-0.1, -0.05) is 104 Å². The number of thioether (sulfide) groups is 1. The van der Waals surface area contributed by atoms with E-state index in [2.05, 4.69) is 13.8 Å². The van der Waals surface area contributed by atoms with Crippen molar-refractivity contribution < 1.29 is 9.84 Å². The SMILES string of the molecule is CCCCCCCCCCCCSCC(CO)OCCCCCCCC. The minimum Gasteiger partial charge on any atom is -0.394 e. The van der Waals surface area contributed by atoms with Crippen LogP contribution in [0.2, 0.25) is 0 Å². The Labute approximate surface area is 169 Å². The van der Waals surface area contributed by atoms with Crippen LogP contribution in [-0.2, 0) is 4.74 Å². The molecule has 1 N–H and O–H groups in total. The van der Waals surface area contributed by atoms with Crippen LogP contribution in [0.5, 0.6) is 0 Å². The molecule has 1 unspecified atom stereocenters. The van der Waals surface area contributed by atoms with Crippen molar-refractivity contribution in [3.63, 3.8) is 0 Å². The van der Waals surface area contributed by atoms with E-state index in [1.165, 1.54) is 102 Å². The van der Waals surface area contributed by atoms with E-state index < -0.39 is 0 Å². The first-order valence-electron chi connectivity index (χ1n) is 11.6. The lowest BCUT2D eigenvalue weighted by atomic mass is 10.1. The Balaban J connectivity index is 3.26. The van der Waals surface area contributed by atoms with Gasteiger partial charge in [0.15, 0.2) is 0 Å². The Morgan fingerprint density at radius 1 is 0.654 bits per heavy atom. The number of hydrogen-bond acceptors (Lipinski definition) is 3. The fourth-order valence-corrected chi connectivity index (χ4v) is 4.23. The van der Waals surface area contributed by atoms with Crippen molar-refractivity contribution >= 4 is 11.8 Å². The van der Waals surface area contributed by atoms with Crippen LogP contribution in [0.25, 0.3) is 0 Å². The van der Waals surface area contributed by atoms with Crippen LogP contribution < -0.4 is 0 Å². The van der Waals surface area contributed by atoms with E-state index in [9.17, 15) is 5.11 Å². The molecule has 0 saturated carbocycles. The standard InChI is InChI=1S/C23H48O2S/c1-3-5-7-9-11-12-13-14-16-18-20-26-22-23(21-24)25-19-17-15-10-8-6-4-2/h23-24H,3-22H2,1-2H3. The fourth-order valence-electron chi connectivity index (χ4n) is 3.19. The molecule has 0 aromatic carbocycles. The van der Waals surface area contributed by atoms with Crippen LogP contribution in [0.3, 0.4) is 0 Å². The molecule has 158 valence electrons. The fraction of sp³-hybridized carbons (Fsp3) is 1.00. The molecule has 0 aromatic heterocycles. The molecule has 0 aliphatic rings. The zero-order chi connectivity index (χ0) is 19.1. The van der Waals surface area contributed by atoms with Gasteiger partial charge in [-0.3, -0.25) is 0 Å². The highest BCUT2D eigenvalue weighted by atomic mass is 32.2. The second-order valence-corrected chi connectivity index (χ2v) is 8.85. The van der Waals surface area contributed by atoms with Gasteiger partial charge in [-0.2, -0.15) is 11.8 Å². The molecule has 2 nitrogen and oxygen atoms in total. The van der Waals surface area contributed by atoms with Gasteiger partial charge in [0.1, 0.15) is 0 Å². The van der Waals surface area contributed by atoms with E-state index in [-0.39, 0.29) is 12.7 Å². The number of aliphatic hydroxyl groups excluding tert-OH is 1. The van der Waals surface area contributed by atoms with E-state index in [4.69, 9.17) is 4.74 Å². The molecule has 0 aliphatic heterocycles. The maximum atomic E-state index is 9.44. The van der Waals surface area contributed by atoms with Gasteiger partial charge in [0.05, 0.1) is 12.7 Å². The predicted molar refractivity (Wildman–Crippen MR) is 119 cm³/mol. The summed E-state index contributed by atoms with van der Waals surface area (Å²) in [5.74, 6) is 2.16. The summed E-state index contributed by atoms with van der Waals surface area (Å²) in [6, 6.07) is 0. The van der Waals surface area contributed by atoms with Gasteiger partial charge in [0.25, 0.3) is 0 Å². The molecule has 0 saturated heterocycles. The van der Waals surface area contributed by atoms with E-state index in [0.717, 1.165) is 18.8 Å². The Morgan fingerprint density at radius 3 is 1.62 bits per heavy atom. The molecule has 0 fully saturated rings. The van der Waals surface area contributed by atoms with Crippen LogP contribution in [0.15, 0.2) is 0 Å². The second kappa shape index (κ2) is 23.3.